The molecule has 1 aliphatic carbocycles. The van der Waals surface area contributed by atoms with Crippen LogP contribution in [0.15, 0.2) is 22.7 Å². The van der Waals surface area contributed by atoms with Crippen molar-refractivity contribution in [1.82, 2.24) is 0 Å². The third-order valence-electron chi connectivity index (χ3n) is 2.32. The molecule has 0 spiro atoms. The van der Waals surface area contributed by atoms with E-state index >= 15 is 0 Å². The Hall–Kier alpha value is -0.670. The zero-order valence-corrected chi connectivity index (χ0v) is 8.54. The van der Waals surface area contributed by atoms with Gasteiger partial charge in [0.25, 0.3) is 0 Å². The van der Waals surface area contributed by atoms with Gasteiger partial charge < -0.3 is 5.11 Å². The number of aryl methyl sites for hydroxylation is 1. The van der Waals surface area contributed by atoms with E-state index in [1.54, 1.807) is 6.07 Å². The van der Waals surface area contributed by atoms with Gasteiger partial charge in [-0.25, -0.2) is 0 Å². The molecule has 0 heterocycles. The highest BCUT2D eigenvalue weighted by Crippen LogP contribution is 2.24. The number of ketones is 1. The van der Waals surface area contributed by atoms with Crippen molar-refractivity contribution < 1.29 is 9.90 Å². The smallest absolute Gasteiger partial charge is 0.191 e. The Morgan fingerprint density at radius 1 is 1.46 bits per heavy atom. The highest BCUT2D eigenvalue weighted by Gasteiger charge is 2.24. The topological polar surface area (TPSA) is 37.3 Å². The molecule has 0 unspecified atom stereocenters. The number of hydrogen-bond acceptors (Lipinski definition) is 2. The summed E-state index contributed by atoms with van der Waals surface area (Å²) in [5, 5.41) is 9.33. The monoisotopic (exact) mass is 240 g/mol. The number of benzene rings is 1. The summed E-state index contributed by atoms with van der Waals surface area (Å²) in [4.78, 5) is 11.5. The molecule has 1 aliphatic rings. The van der Waals surface area contributed by atoms with Crippen LogP contribution in [0.4, 0.5) is 0 Å². The maximum absolute atomic E-state index is 11.5. The third-order valence-corrected chi connectivity index (χ3v) is 2.82. The normalized spacial score (nSPS) is 21.4. The molecule has 1 atom stereocenters. The Bertz CT molecular complexity index is 360. The van der Waals surface area contributed by atoms with Gasteiger partial charge in [-0.3, -0.25) is 4.79 Å². The minimum atomic E-state index is -0.798. The summed E-state index contributed by atoms with van der Waals surface area (Å²) in [7, 11) is 0. The Balaban J connectivity index is 2.50. The third kappa shape index (κ3) is 1.54. The molecule has 0 saturated heterocycles. The first-order valence-corrected chi connectivity index (χ1v) is 4.98. The summed E-state index contributed by atoms with van der Waals surface area (Å²) in [6.45, 7) is 0. The number of carbonyl (C=O) groups is 1. The van der Waals surface area contributed by atoms with E-state index in [0.29, 0.717) is 12.0 Å². The molecular formula is C10H9BrO2. The van der Waals surface area contributed by atoms with Gasteiger partial charge in [-0.2, -0.15) is 0 Å². The van der Waals surface area contributed by atoms with Gasteiger partial charge in [-0.15, -0.1) is 0 Å². The lowest BCUT2D eigenvalue weighted by Crippen LogP contribution is -2.26. The van der Waals surface area contributed by atoms with Crippen LogP contribution in [0.1, 0.15) is 22.3 Å². The lowest BCUT2D eigenvalue weighted by molar-refractivity contribution is 0.0712. The average molecular weight is 241 g/mol. The zero-order chi connectivity index (χ0) is 9.42. The Labute approximate surface area is 84.7 Å². The van der Waals surface area contributed by atoms with Gasteiger partial charge in [0.2, 0.25) is 0 Å². The number of carbonyl (C=O) groups excluding carboxylic acids is 1. The summed E-state index contributed by atoms with van der Waals surface area (Å²) in [5.41, 5.74) is 1.70. The number of halogens is 1. The minimum absolute atomic E-state index is 0.145. The summed E-state index contributed by atoms with van der Waals surface area (Å²) < 4.78 is 0.982. The van der Waals surface area contributed by atoms with Crippen molar-refractivity contribution in [3.63, 3.8) is 0 Å². The van der Waals surface area contributed by atoms with E-state index in [1.165, 1.54) is 0 Å². The largest absolute Gasteiger partial charge is 0.385 e. The number of fused-ring (bicyclic) bond motifs is 1. The predicted molar refractivity (Wildman–Crippen MR) is 52.8 cm³/mol. The molecular weight excluding hydrogens is 232 g/mol. The van der Waals surface area contributed by atoms with E-state index in [0.717, 1.165) is 16.5 Å². The van der Waals surface area contributed by atoms with Crippen LogP contribution in [0.25, 0.3) is 0 Å². The van der Waals surface area contributed by atoms with Crippen molar-refractivity contribution in [2.45, 2.75) is 18.9 Å². The molecule has 2 rings (SSSR count). The quantitative estimate of drug-likeness (QED) is 0.753. The summed E-state index contributed by atoms with van der Waals surface area (Å²) in [6, 6.07) is 5.54. The van der Waals surface area contributed by atoms with Crippen molar-refractivity contribution in [2.24, 2.45) is 0 Å². The van der Waals surface area contributed by atoms with Gasteiger partial charge in [0.05, 0.1) is 0 Å². The minimum Gasteiger partial charge on any atom is -0.385 e. The molecule has 2 nitrogen and oxygen atoms in total. The van der Waals surface area contributed by atoms with Gasteiger partial charge in [0.15, 0.2) is 5.78 Å². The first-order valence-electron chi connectivity index (χ1n) is 4.19. The van der Waals surface area contributed by atoms with E-state index in [2.05, 4.69) is 15.9 Å². The molecule has 0 amide bonds. The first kappa shape index (κ1) is 8.91. The van der Waals surface area contributed by atoms with Gasteiger partial charge in [0, 0.05) is 10.0 Å². The van der Waals surface area contributed by atoms with E-state index in [1.807, 2.05) is 12.1 Å². The Kier molecular flexibility index (Phi) is 2.22. The fraction of sp³-hybridized carbons (Fsp3) is 0.300. The summed E-state index contributed by atoms with van der Waals surface area (Å²) >= 11 is 3.35. The average Bonchev–Trinajstić information content (AvgIpc) is 2.12. The van der Waals surface area contributed by atoms with E-state index in [4.69, 9.17) is 0 Å². The molecule has 0 radical (unpaired) electrons. The van der Waals surface area contributed by atoms with Crippen LogP contribution in [0.5, 0.6) is 0 Å². The SMILES string of the molecule is O=C1c2ccc(Br)cc2CC[C@@H]1O. The first-order chi connectivity index (χ1) is 6.18. The maximum atomic E-state index is 11.5. The molecule has 68 valence electrons. The molecule has 1 aromatic rings. The second-order valence-corrected chi connectivity index (χ2v) is 4.14. The predicted octanol–water partition coefficient (Wildman–Crippen LogP) is 1.94. The molecule has 0 saturated carbocycles. The fourth-order valence-electron chi connectivity index (χ4n) is 1.61. The summed E-state index contributed by atoms with van der Waals surface area (Å²) in [5.74, 6) is -0.145. The van der Waals surface area contributed by atoms with Crippen LogP contribution in [-0.4, -0.2) is 17.0 Å². The number of rotatable bonds is 0. The number of aliphatic hydroxyl groups excluding tert-OH is 1. The van der Waals surface area contributed by atoms with Crippen molar-refractivity contribution in [1.29, 1.82) is 0 Å². The molecule has 1 aromatic carbocycles. The number of aliphatic hydroxyl groups is 1. The van der Waals surface area contributed by atoms with Crippen molar-refractivity contribution in [2.75, 3.05) is 0 Å². The molecule has 13 heavy (non-hydrogen) atoms. The second kappa shape index (κ2) is 3.24. The van der Waals surface area contributed by atoms with Gasteiger partial charge in [-0.1, -0.05) is 15.9 Å². The van der Waals surface area contributed by atoms with Crippen molar-refractivity contribution in [3.8, 4) is 0 Å². The number of Topliss-reactive ketones (excluding diaryl/α,β-unsaturated/α-hetero) is 1. The fourth-order valence-corrected chi connectivity index (χ4v) is 2.02. The van der Waals surface area contributed by atoms with E-state index in [-0.39, 0.29) is 5.78 Å². The van der Waals surface area contributed by atoms with Crippen LogP contribution in [-0.2, 0) is 6.42 Å². The zero-order valence-electron chi connectivity index (χ0n) is 6.96. The van der Waals surface area contributed by atoms with E-state index < -0.39 is 6.10 Å². The van der Waals surface area contributed by atoms with Crippen molar-refractivity contribution in [3.05, 3.63) is 33.8 Å². The van der Waals surface area contributed by atoms with Crippen LogP contribution in [0, 0.1) is 0 Å². The maximum Gasteiger partial charge on any atom is 0.191 e. The van der Waals surface area contributed by atoms with Crippen LogP contribution < -0.4 is 0 Å². The van der Waals surface area contributed by atoms with Gasteiger partial charge >= 0.3 is 0 Å². The van der Waals surface area contributed by atoms with Crippen LogP contribution >= 0.6 is 15.9 Å². The number of hydrogen-bond donors (Lipinski definition) is 1. The molecule has 0 aromatic heterocycles. The molecule has 1 N–H and O–H groups in total. The lowest BCUT2D eigenvalue weighted by atomic mass is 9.89. The molecule has 3 heteroatoms. The lowest BCUT2D eigenvalue weighted by Gasteiger charge is -2.19. The highest BCUT2D eigenvalue weighted by atomic mass is 79.9. The van der Waals surface area contributed by atoms with Gasteiger partial charge in [0.1, 0.15) is 6.10 Å². The standard InChI is InChI=1S/C10H9BrO2/c11-7-2-3-8-6(5-7)1-4-9(12)10(8)13/h2-3,5,9,12H,1,4H2/t9-/m0/s1. The Morgan fingerprint density at radius 2 is 2.23 bits per heavy atom. The van der Waals surface area contributed by atoms with E-state index in [9.17, 15) is 9.90 Å². The van der Waals surface area contributed by atoms with Crippen molar-refractivity contribution >= 4 is 21.7 Å². The van der Waals surface area contributed by atoms with Crippen LogP contribution in [0.2, 0.25) is 0 Å². The molecule has 0 fully saturated rings. The second-order valence-electron chi connectivity index (χ2n) is 3.22. The highest BCUT2D eigenvalue weighted by molar-refractivity contribution is 9.10. The molecule has 0 aliphatic heterocycles. The summed E-state index contributed by atoms with van der Waals surface area (Å²) in [6.07, 6.45) is 0.526. The molecule has 0 bridgehead atoms. The van der Waals surface area contributed by atoms with Crippen LogP contribution in [0.3, 0.4) is 0 Å². The van der Waals surface area contributed by atoms with Gasteiger partial charge in [-0.05, 0) is 36.6 Å². The Morgan fingerprint density at radius 3 is 3.00 bits per heavy atom.